The van der Waals surface area contributed by atoms with Crippen LogP contribution >= 0.6 is 0 Å². The molecule has 0 aliphatic carbocycles. The Morgan fingerprint density at radius 1 is 1.43 bits per heavy atom. The molecule has 0 radical (unpaired) electrons. The van der Waals surface area contributed by atoms with Crippen molar-refractivity contribution in [1.29, 1.82) is 0 Å². The third-order valence-electron chi connectivity index (χ3n) is 1.57. The normalized spacial score (nSPS) is 10.5. The first-order chi connectivity index (χ1) is 6.50. The van der Waals surface area contributed by atoms with Gasteiger partial charge in [-0.15, -0.1) is 4.73 Å². The topological polar surface area (TPSA) is 71.7 Å². The summed E-state index contributed by atoms with van der Waals surface area (Å²) in [6.45, 7) is 3.74. The van der Waals surface area contributed by atoms with E-state index in [0.29, 0.717) is 4.73 Å². The van der Waals surface area contributed by atoms with Crippen LogP contribution in [0.3, 0.4) is 0 Å². The molecule has 0 saturated carbocycles. The molecule has 0 fully saturated rings. The first-order valence-corrected chi connectivity index (χ1v) is 4.31. The highest BCUT2D eigenvalue weighted by Crippen LogP contribution is 2.19. The van der Waals surface area contributed by atoms with Gasteiger partial charge in [-0.2, -0.15) is 0 Å². The Hall–Kier alpha value is -1.65. The standard InChI is InChI=1S/C9H13NO4/c1-6(2)5-9(13)14-10-7(11)3-4-8(10)12/h3-4,6,11-12H,5H2,1-2H3. The Morgan fingerprint density at radius 2 is 1.93 bits per heavy atom. The van der Waals surface area contributed by atoms with E-state index in [2.05, 4.69) is 0 Å². The SMILES string of the molecule is CC(C)CC(=O)On1c(O)ccc1O. The zero-order valence-electron chi connectivity index (χ0n) is 8.10. The highest BCUT2D eigenvalue weighted by atomic mass is 16.7. The van der Waals surface area contributed by atoms with Gasteiger partial charge in [0.05, 0.1) is 6.42 Å². The van der Waals surface area contributed by atoms with E-state index in [9.17, 15) is 4.79 Å². The van der Waals surface area contributed by atoms with Crippen molar-refractivity contribution < 1.29 is 19.8 Å². The molecule has 78 valence electrons. The Bertz CT molecular complexity index is 310. The monoisotopic (exact) mass is 199 g/mol. The van der Waals surface area contributed by atoms with Crippen LogP contribution in [0.25, 0.3) is 0 Å². The maximum atomic E-state index is 11.2. The van der Waals surface area contributed by atoms with Crippen LogP contribution in [0.5, 0.6) is 11.8 Å². The van der Waals surface area contributed by atoms with Crippen molar-refractivity contribution in [3.8, 4) is 11.8 Å². The van der Waals surface area contributed by atoms with Crippen LogP contribution in [-0.4, -0.2) is 20.9 Å². The number of aromatic hydroxyl groups is 2. The fraction of sp³-hybridized carbons (Fsp3) is 0.444. The molecule has 0 bridgehead atoms. The number of hydrogen-bond acceptors (Lipinski definition) is 4. The van der Waals surface area contributed by atoms with Gasteiger partial charge in [0.15, 0.2) is 0 Å². The molecular weight excluding hydrogens is 186 g/mol. The lowest BCUT2D eigenvalue weighted by Crippen LogP contribution is -2.20. The molecule has 0 unspecified atom stereocenters. The molecule has 1 rings (SSSR count). The van der Waals surface area contributed by atoms with Crippen molar-refractivity contribution in [3.05, 3.63) is 12.1 Å². The Balaban J connectivity index is 2.64. The summed E-state index contributed by atoms with van der Waals surface area (Å²) in [5, 5.41) is 18.3. The molecular formula is C9H13NO4. The van der Waals surface area contributed by atoms with E-state index in [4.69, 9.17) is 15.1 Å². The van der Waals surface area contributed by atoms with Gasteiger partial charge in [0, 0.05) is 12.1 Å². The van der Waals surface area contributed by atoms with Gasteiger partial charge in [0.25, 0.3) is 0 Å². The molecule has 0 amide bonds. The summed E-state index contributed by atoms with van der Waals surface area (Å²) in [6.07, 6.45) is 0.233. The fourth-order valence-corrected chi connectivity index (χ4v) is 0.968. The maximum absolute atomic E-state index is 11.2. The minimum absolute atomic E-state index is 0.169. The quantitative estimate of drug-likeness (QED) is 0.758. The fourth-order valence-electron chi connectivity index (χ4n) is 0.968. The Morgan fingerprint density at radius 3 is 2.36 bits per heavy atom. The van der Waals surface area contributed by atoms with E-state index in [1.165, 1.54) is 12.1 Å². The highest BCUT2D eigenvalue weighted by molar-refractivity contribution is 5.70. The second kappa shape index (κ2) is 4.04. The second-order valence-electron chi connectivity index (χ2n) is 3.41. The van der Waals surface area contributed by atoms with E-state index < -0.39 is 5.97 Å². The minimum atomic E-state index is -0.498. The number of rotatable bonds is 3. The van der Waals surface area contributed by atoms with Gasteiger partial charge in [0.2, 0.25) is 11.8 Å². The van der Waals surface area contributed by atoms with Gasteiger partial charge < -0.3 is 15.1 Å². The van der Waals surface area contributed by atoms with Gasteiger partial charge in [-0.1, -0.05) is 13.8 Å². The van der Waals surface area contributed by atoms with Crippen LogP contribution < -0.4 is 4.84 Å². The van der Waals surface area contributed by atoms with Crippen LogP contribution in [0.2, 0.25) is 0 Å². The lowest BCUT2D eigenvalue weighted by atomic mass is 10.1. The van der Waals surface area contributed by atoms with Crippen molar-refractivity contribution in [1.82, 2.24) is 4.73 Å². The van der Waals surface area contributed by atoms with Crippen LogP contribution in [0.4, 0.5) is 0 Å². The molecule has 5 heteroatoms. The number of carbonyl (C=O) groups is 1. The van der Waals surface area contributed by atoms with Gasteiger partial charge in [-0.25, -0.2) is 4.79 Å². The van der Waals surface area contributed by atoms with E-state index >= 15 is 0 Å². The second-order valence-corrected chi connectivity index (χ2v) is 3.41. The smallest absolute Gasteiger partial charge is 0.333 e. The van der Waals surface area contributed by atoms with Gasteiger partial charge in [-0.05, 0) is 5.92 Å². The van der Waals surface area contributed by atoms with Gasteiger partial charge in [-0.3, -0.25) is 0 Å². The van der Waals surface area contributed by atoms with Crippen molar-refractivity contribution in [2.24, 2.45) is 5.92 Å². The summed E-state index contributed by atoms with van der Waals surface area (Å²) in [7, 11) is 0. The molecule has 2 N–H and O–H groups in total. The first kappa shape index (κ1) is 10.4. The van der Waals surface area contributed by atoms with E-state index in [-0.39, 0.29) is 24.1 Å². The lowest BCUT2D eigenvalue weighted by Gasteiger charge is -2.07. The average Bonchev–Trinajstić information content (AvgIpc) is 2.34. The molecule has 1 aromatic heterocycles. The van der Waals surface area contributed by atoms with Crippen LogP contribution in [0, 0.1) is 5.92 Å². The Labute approximate surface area is 81.5 Å². The molecule has 5 nitrogen and oxygen atoms in total. The summed E-state index contributed by atoms with van der Waals surface area (Å²) < 4.78 is 0.685. The summed E-state index contributed by atoms with van der Waals surface area (Å²) in [5.74, 6) is -0.941. The molecule has 0 spiro atoms. The van der Waals surface area contributed by atoms with Crippen molar-refractivity contribution in [2.75, 3.05) is 0 Å². The zero-order chi connectivity index (χ0) is 10.7. The summed E-state index contributed by atoms with van der Waals surface area (Å²) in [5.41, 5.74) is 0. The summed E-state index contributed by atoms with van der Waals surface area (Å²) >= 11 is 0. The third-order valence-corrected chi connectivity index (χ3v) is 1.57. The number of hydrogen-bond donors (Lipinski definition) is 2. The molecule has 0 saturated heterocycles. The minimum Gasteiger partial charge on any atom is -0.492 e. The van der Waals surface area contributed by atoms with Crippen LogP contribution in [0.1, 0.15) is 20.3 Å². The predicted molar refractivity (Wildman–Crippen MR) is 48.8 cm³/mol. The molecule has 1 aromatic rings. The average molecular weight is 199 g/mol. The van der Waals surface area contributed by atoms with E-state index in [1.54, 1.807) is 0 Å². The van der Waals surface area contributed by atoms with Crippen molar-refractivity contribution in [3.63, 3.8) is 0 Å². The summed E-state index contributed by atoms with van der Waals surface area (Å²) in [6, 6.07) is 2.47. The van der Waals surface area contributed by atoms with E-state index in [0.717, 1.165) is 0 Å². The molecule has 1 heterocycles. The first-order valence-electron chi connectivity index (χ1n) is 4.31. The molecule has 0 atom stereocenters. The Kier molecular flexibility index (Phi) is 3.01. The zero-order valence-corrected chi connectivity index (χ0v) is 8.10. The number of nitrogens with zero attached hydrogens (tertiary/aromatic N) is 1. The van der Waals surface area contributed by atoms with Gasteiger partial charge in [0.1, 0.15) is 0 Å². The molecule has 0 aliphatic heterocycles. The van der Waals surface area contributed by atoms with Crippen molar-refractivity contribution in [2.45, 2.75) is 20.3 Å². The van der Waals surface area contributed by atoms with Crippen molar-refractivity contribution >= 4 is 5.97 Å². The summed E-state index contributed by atoms with van der Waals surface area (Å²) in [4.78, 5) is 15.9. The maximum Gasteiger partial charge on any atom is 0.333 e. The third kappa shape index (κ3) is 2.42. The highest BCUT2D eigenvalue weighted by Gasteiger charge is 2.12. The number of aromatic nitrogens is 1. The number of carbonyl (C=O) groups excluding carboxylic acids is 1. The van der Waals surface area contributed by atoms with Crippen LogP contribution in [-0.2, 0) is 4.79 Å². The lowest BCUT2D eigenvalue weighted by molar-refractivity contribution is -0.146. The van der Waals surface area contributed by atoms with Gasteiger partial charge >= 0.3 is 5.97 Å². The molecule has 14 heavy (non-hydrogen) atoms. The molecule has 0 aromatic carbocycles. The largest absolute Gasteiger partial charge is 0.492 e. The van der Waals surface area contributed by atoms with E-state index in [1.807, 2.05) is 13.8 Å². The van der Waals surface area contributed by atoms with Crippen LogP contribution in [0.15, 0.2) is 12.1 Å². The molecule has 0 aliphatic rings. The predicted octanol–water partition coefficient (Wildman–Crippen LogP) is 0.901.